The van der Waals surface area contributed by atoms with Crippen LogP contribution >= 0.6 is 7.82 Å². The topological polar surface area (TPSA) is 219 Å². The summed E-state index contributed by atoms with van der Waals surface area (Å²) < 4.78 is 51.2. The lowest BCUT2D eigenvalue weighted by Gasteiger charge is -2.31. The minimum Gasteiger partial charge on any atom is -0.479 e. The summed E-state index contributed by atoms with van der Waals surface area (Å²) in [5.74, 6) is 1.44. The van der Waals surface area contributed by atoms with E-state index in [4.69, 9.17) is 33.5 Å². The molecular weight excluding hydrogens is 617 g/mol. The molecule has 0 atom stereocenters. The summed E-state index contributed by atoms with van der Waals surface area (Å²) in [7, 11) is -8.22. The summed E-state index contributed by atoms with van der Waals surface area (Å²) in [6.07, 6.45) is 4.30. The van der Waals surface area contributed by atoms with Crippen molar-refractivity contribution in [3.05, 3.63) is 42.1 Å². The molecule has 5 heterocycles. The van der Waals surface area contributed by atoms with Crippen LogP contribution in [-0.2, 0) is 23.9 Å². The van der Waals surface area contributed by atoms with Crippen molar-refractivity contribution in [3.8, 4) is 22.9 Å². The summed E-state index contributed by atoms with van der Waals surface area (Å²) in [5.41, 5.74) is 2.07. The van der Waals surface area contributed by atoms with Gasteiger partial charge in [-0.1, -0.05) is 0 Å². The summed E-state index contributed by atoms with van der Waals surface area (Å²) >= 11 is 0. The third-order valence-electron chi connectivity index (χ3n) is 6.41. The van der Waals surface area contributed by atoms with Crippen LogP contribution in [0.1, 0.15) is 45.1 Å². The van der Waals surface area contributed by atoms with Gasteiger partial charge in [0.15, 0.2) is 20.6 Å². The molecule has 3 aromatic heterocycles. The number of pyridine rings is 3. The van der Waals surface area contributed by atoms with Crippen molar-refractivity contribution in [3.63, 3.8) is 0 Å². The van der Waals surface area contributed by atoms with Gasteiger partial charge in [0.2, 0.25) is 5.91 Å². The van der Waals surface area contributed by atoms with E-state index in [0.717, 1.165) is 24.7 Å². The van der Waals surface area contributed by atoms with Gasteiger partial charge < -0.3 is 39.5 Å². The Hall–Kier alpha value is -3.66. The zero-order valence-electron chi connectivity index (χ0n) is 24.5. The van der Waals surface area contributed by atoms with Gasteiger partial charge in [0.05, 0.1) is 11.4 Å². The van der Waals surface area contributed by atoms with E-state index < -0.39 is 23.3 Å². The number of fused-ring (bicyclic) bond motifs is 1. The number of ether oxygens (including phenoxy) is 3. The molecule has 0 spiro atoms. The molecule has 1 fully saturated rings. The van der Waals surface area contributed by atoms with Gasteiger partial charge in [-0.3, -0.25) is 4.79 Å². The van der Waals surface area contributed by atoms with E-state index >= 15 is 0 Å². The van der Waals surface area contributed by atoms with Crippen LogP contribution in [0, 0.1) is 0 Å². The Balaban J connectivity index is 0.000000818. The van der Waals surface area contributed by atoms with E-state index in [1.165, 1.54) is 6.92 Å². The standard InChI is InChI=1S/C27H31N5O6S.H3O4P/c1-16(33)29-23-13-21(19(14-28-23)20-5-6-22-26(31-20)37-15-27(2,3)38-22)30-24-11-18(17-7-9-36-10-8-17)12-25(32-24)39(4,34)35;1-5(2,3)4/h5-6,11-14,17H,7-10,15H2,1-4H3,(H2,28,29,30,32,33);(H3,1,2,3,4). The maximum Gasteiger partial charge on any atom is 0.466 e. The van der Waals surface area contributed by atoms with Gasteiger partial charge in [-0.05, 0) is 62.4 Å². The fourth-order valence-corrected chi connectivity index (χ4v) is 5.14. The third-order valence-corrected chi connectivity index (χ3v) is 7.38. The number of sulfone groups is 1. The van der Waals surface area contributed by atoms with Gasteiger partial charge in [0.1, 0.15) is 23.8 Å². The van der Waals surface area contributed by atoms with Gasteiger partial charge >= 0.3 is 7.82 Å². The monoisotopic (exact) mass is 651 g/mol. The Morgan fingerprint density at radius 1 is 1.07 bits per heavy atom. The third kappa shape index (κ3) is 9.42. The minimum absolute atomic E-state index is 0.0215. The van der Waals surface area contributed by atoms with Crippen LogP contribution in [0.5, 0.6) is 11.6 Å². The van der Waals surface area contributed by atoms with Gasteiger partial charge in [0.25, 0.3) is 5.88 Å². The van der Waals surface area contributed by atoms with E-state index in [-0.39, 0.29) is 16.9 Å². The lowest BCUT2D eigenvalue weighted by atomic mass is 9.92. The Morgan fingerprint density at radius 2 is 1.75 bits per heavy atom. The summed E-state index contributed by atoms with van der Waals surface area (Å²) in [5, 5.41) is 5.92. The molecule has 0 bridgehead atoms. The molecule has 2 aliphatic rings. The summed E-state index contributed by atoms with van der Waals surface area (Å²) in [6.45, 7) is 6.84. The lowest BCUT2D eigenvalue weighted by Crippen LogP contribution is -2.39. The van der Waals surface area contributed by atoms with Crippen LogP contribution in [-0.4, -0.2) is 75.6 Å². The Bertz CT molecular complexity index is 1680. The Kier molecular flexibility index (Phi) is 9.93. The second-order valence-electron chi connectivity index (χ2n) is 10.9. The second-order valence-corrected chi connectivity index (χ2v) is 13.9. The maximum atomic E-state index is 12.5. The first-order chi connectivity index (χ1) is 20.5. The van der Waals surface area contributed by atoms with Gasteiger partial charge in [0, 0.05) is 44.2 Å². The van der Waals surface area contributed by atoms with Crippen LogP contribution in [0.4, 0.5) is 17.3 Å². The minimum atomic E-state index is -4.64. The molecule has 5 N–H and O–H groups in total. The van der Waals surface area contributed by atoms with E-state index in [0.29, 0.717) is 60.0 Å². The average molecular weight is 652 g/mol. The van der Waals surface area contributed by atoms with Crippen molar-refractivity contribution in [1.82, 2.24) is 15.0 Å². The van der Waals surface area contributed by atoms with Gasteiger partial charge in [-0.2, -0.15) is 0 Å². The van der Waals surface area contributed by atoms with Crippen LogP contribution < -0.4 is 20.1 Å². The highest BCUT2D eigenvalue weighted by Crippen LogP contribution is 2.38. The lowest BCUT2D eigenvalue weighted by molar-refractivity contribution is -0.114. The number of rotatable bonds is 6. The highest BCUT2D eigenvalue weighted by atomic mass is 32.2. The number of carbonyl (C=O) groups excluding carboxylic acids is 1. The molecule has 0 unspecified atom stereocenters. The molecule has 0 aliphatic carbocycles. The first-order valence-corrected chi connectivity index (χ1v) is 16.9. The molecule has 0 saturated carbocycles. The number of hydrogen-bond acceptors (Lipinski definition) is 11. The fraction of sp³-hybridized carbons (Fsp3) is 0.407. The molecule has 3 aromatic rings. The predicted octanol–water partition coefficient (Wildman–Crippen LogP) is 3.16. The molecule has 2 aliphatic heterocycles. The van der Waals surface area contributed by atoms with Crippen molar-refractivity contribution in [2.24, 2.45) is 0 Å². The zero-order chi connectivity index (χ0) is 32.3. The number of nitrogens with zero attached hydrogens (tertiary/aromatic N) is 3. The predicted molar refractivity (Wildman–Crippen MR) is 160 cm³/mol. The number of amides is 1. The van der Waals surface area contributed by atoms with Gasteiger partial charge in [-0.15, -0.1) is 0 Å². The number of hydrogen-bond donors (Lipinski definition) is 5. The van der Waals surface area contributed by atoms with E-state index in [1.807, 2.05) is 19.9 Å². The normalized spacial score (nSPS) is 16.3. The van der Waals surface area contributed by atoms with Crippen molar-refractivity contribution in [2.45, 2.75) is 50.2 Å². The first kappa shape index (κ1) is 33.2. The molecule has 0 radical (unpaired) electrons. The smallest absolute Gasteiger partial charge is 0.466 e. The highest BCUT2D eigenvalue weighted by molar-refractivity contribution is 7.90. The van der Waals surface area contributed by atoms with Crippen molar-refractivity contribution in [2.75, 3.05) is 36.7 Å². The van der Waals surface area contributed by atoms with Gasteiger partial charge in [-0.25, -0.2) is 27.9 Å². The van der Waals surface area contributed by atoms with Crippen molar-refractivity contribution in [1.29, 1.82) is 0 Å². The van der Waals surface area contributed by atoms with Crippen LogP contribution in [0.2, 0.25) is 0 Å². The number of phosphoric acid groups is 1. The fourth-order valence-electron chi connectivity index (χ4n) is 4.52. The molecule has 17 heteroatoms. The average Bonchev–Trinajstić information content (AvgIpc) is 2.91. The number of anilines is 3. The maximum absolute atomic E-state index is 12.5. The Morgan fingerprint density at radius 3 is 2.39 bits per heavy atom. The summed E-state index contributed by atoms with van der Waals surface area (Å²) in [6, 6.07) is 8.72. The molecule has 238 valence electrons. The highest BCUT2D eigenvalue weighted by Gasteiger charge is 2.29. The molecule has 44 heavy (non-hydrogen) atoms. The van der Waals surface area contributed by atoms with E-state index in [9.17, 15) is 13.2 Å². The molecule has 1 amide bonds. The van der Waals surface area contributed by atoms with E-state index in [1.54, 1.807) is 30.5 Å². The van der Waals surface area contributed by atoms with Crippen LogP contribution in [0.15, 0.2) is 41.6 Å². The Labute approximate surface area is 254 Å². The SMILES string of the molecule is CC(=O)Nc1cc(Nc2cc(C3CCOCC3)cc(S(C)(=O)=O)n2)c(-c2ccc3c(n2)OCC(C)(C)O3)cn1.O=P(O)(O)O. The zero-order valence-corrected chi connectivity index (χ0v) is 26.2. The molecular formula is C27H34N5O10PS. The molecule has 15 nitrogen and oxygen atoms in total. The summed E-state index contributed by atoms with van der Waals surface area (Å²) in [4.78, 5) is 46.7. The van der Waals surface area contributed by atoms with Crippen LogP contribution in [0.3, 0.4) is 0 Å². The second kappa shape index (κ2) is 13.1. The largest absolute Gasteiger partial charge is 0.479 e. The quantitative estimate of drug-likeness (QED) is 0.242. The van der Waals surface area contributed by atoms with Crippen LogP contribution in [0.25, 0.3) is 11.3 Å². The molecule has 1 saturated heterocycles. The first-order valence-electron chi connectivity index (χ1n) is 13.4. The van der Waals surface area contributed by atoms with Crippen molar-refractivity contribution >= 4 is 40.9 Å². The van der Waals surface area contributed by atoms with E-state index in [2.05, 4.69) is 25.6 Å². The number of aromatic nitrogens is 3. The van der Waals surface area contributed by atoms with Crippen molar-refractivity contribution < 1.29 is 46.7 Å². The number of carbonyl (C=O) groups is 1. The number of nitrogens with one attached hydrogen (secondary N) is 2. The molecule has 0 aromatic carbocycles. The molecule has 5 rings (SSSR count).